The van der Waals surface area contributed by atoms with Crippen LogP contribution in [0.1, 0.15) is 11.1 Å². The molecule has 7 heteroatoms. The van der Waals surface area contributed by atoms with Crippen LogP contribution in [0.2, 0.25) is 0 Å². The Bertz CT molecular complexity index is 718. The third kappa shape index (κ3) is 3.76. The van der Waals surface area contributed by atoms with Crippen molar-refractivity contribution in [3.05, 3.63) is 59.7 Å². The predicted octanol–water partition coefficient (Wildman–Crippen LogP) is 4.22. The molecule has 0 bridgehead atoms. The third-order valence-electron chi connectivity index (χ3n) is 2.75. The number of hydrogen-bond donors (Lipinski definition) is 2. The standard InChI is InChI=1S/C15H10F3N3O/c16-15(17,18)12-3-1-2-4-13(12)21-14(22)20-11-7-5-10(9-19)6-8-11/h1-8H,(H2,20,21,22). The summed E-state index contributed by atoms with van der Waals surface area (Å²) < 4.78 is 38.4. The van der Waals surface area contributed by atoms with Crippen LogP contribution in [0.25, 0.3) is 0 Å². The monoisotopic (exact) mass is 305 g/mol. The normalized spacial score (nSPS) is 10.6. The summed E-state index contributed by atoms with van der Waals surface area (Å²) in [6.07, 6.45) is -4.56. The predicted molar refractivity (Wildman–Crippen MR) is 75.2 cm³/mol. The second-order valence-electron chi connectivity index (χ2n) is 4.31. The molecular weight excluding hydrogens is 295 g/mol. The zero-order valence-electron chi connectivity index (χ0n) is 11.1. The molecule has 0 heterocycles. The summed E-state index contributed by atoms with van der Waals surface area (Å²) in [5, 5.41) is 13.2. The van der Waals surface area contributed by atoms with E-state index in [0.29, 0.717) is 11.3 Å². The first-order valence-corrected chi connectivity index (χ1v) is 6.14. The van der Waals surface area contributed by atoms with E-state index >= 15 is 0 Å². The third-order valence-corrected chi connectivity index (χ3v) is 2.75. The first-order valence-electron chi connectivity index (χ1n) is 6.14. The molecule has 2 amide bonds. The number of anilines is 2. The highest BCUT2D eigenvalue weighted by atomic mass is 19.4. The number of hydrogen-bond acceptors (Lipinski definition) is 2. The first-order chi connectivity index (χ1) is 10.4. The summed E-state index contributed by atoms with van der Waals surface area (Å²) in [5.74, 6) is 0. The van der Waals surface area contributed by atoms with Crippen LogP contribution in [0.4, 0.5) is 29.3 Å². The van der Waals surface area contributed by atoms with E-state index in [-0.39, 0.29) is 5.69 Å². The average molecular weight is 305 g/mol. The van der Waals surface area contributed by atoms with Crippen molar-refractivity contribution < 1.29 is 18.0 Å². The number of nitriles is 1. The van der Waals surface area contributed by atoms with Crippen molar-refractivity contribution >= 4 is 17.4 Å². The lowest BCUT2D eigenvalue weighted by molar-refractivity contribution is -0.136. The molecule has 0 aromatic heterocycles. The van der Waals surface area contributed by atoms with Crippen molar-refractivity contribution in [2.75, 3.05) is 10.6 Å². The Balaban J connectivity index is 2.11. The van der Waals surface area contributed by atoms with Crippen LogP contribution in [0.15, 0.2) is 48.5 Å². The van der Waals surface area contributed by atoms with E-state index in [9.17, 15) is 18.0 Å². The van der Waals surface area contributed by atoms with Gasteiger partial charge in [0.05, 0.1) is 22.9 Å². The number of alkyl halides is 3. The minimum atomic E-state index is -4.56. The lowest BCUT2D eigenvalue weighted by Gasteiger charge is -2.14. The summed E-state index contributed by atoms with van der Waals surface area (Å²) in [6.45, 7) is 0. The highest BCUT2D eigenvalue weighted by Gasteiger charge is 2.33. The number of benzene rings is 2. The van der Waals surface area contributed by atoms with E-state index in [1.165, 1.54) is 42.5 Å². The van der Waals surface area contributed by atoms with Crippen LogP contribution >= 0.6 is 0 Å². The Kier molecular flexibility index (Phi) is 4.32. The lowest BCUT2D eigenvalue weighted by atomic mass is 10.1. The molecule has 0 aliphatic heterocycles. The van der Waals surface area contributed by atoms with Gasteiger partial charge in [0.1, 0.15) is 0 Å². The van der Waals surface area contributed by atoms with E-state index in [0.717, 1.165) is 6.07 Å². The van der Waals surface area contributed by atoms with Gasteiger partial charge in [0.25, 0.3) is 0 Å². The second kappa shape index (κ2) is 6.18. The van der Waals surface area contributed by atoms with Gasteiger partial charge in [-0.1, -0.05) is 12.1 Å². The zero-order valence-corrected chi connectivity index (χ0v) is 11.1. The number of para-hydroxylation sites is 1. The molecule has 0 unspecified atom stereocenters. The number of carbonyl (C=O) groups excluding carboxylic acids is 1. The summed E-state index contributed by atoms with van der Waals surface area (Å²) in [6, 6.07) is 11.7. The van der Waals surface area contributed by atoms with E-state index in [2.05, 4.69) is 10.6 Å². The maximum absolute atomic E-state index is 12.8. The maximum Gasteiger partial charge on any atom is 0.418 e. The molecule has 0 saturated heterocycles. The van der Waals surface area contributed by atoms with E-state index in [4.69, 9.17) is 5.26 Å². The lowest BCUT2D eigenvalue weighted by Crippen LogP contribution is -2.21. The van der Waals surface area contributed by atoms with Crippen molar-refractivity contribution in [3.63, 3.8) is 0 Å². The molecule has 4 nitrogen and oxygen atoms in total. The molecule has 0 atom stereocenters. The fourth-order valence-corrected chi connectivity index (χ4v) is 1.75. The molecule has 2 N–H and O–H groups in total. The van der Waals surface area contributed by atoms with Crippen molar-refractivity contribution in [2.24, 2.45) is 0 Å². The first kappa shape index (κ1) is 15.4. The zero-order chi connectivity index (χ0) is 16.2. The molecule has 2 aromatic carbocycles. The Morgan fingerprint density at radius 2 is 1.64 bits per heavy atom. The number of nitrogens with zero attached hydrogens (tertiary/aromatic N) is 1. The molecular formula is C15H10F3N3O. The molecule has 2 aromatic rings. The van der Waals surface area contributed by atoms with Crippen LogP contribution in [0.5, 0.6) is 0 Å². The number of urea groups is 1. The van der Waals surface area contributed by atoms with Crippen LogP contribution in [-0.2, 0) is 6.18 Å². The van der Waals surface area contributed by atoms with Gasteiger partial charge in [0.2, 0.25) is 0 Å². The molecule has 22 heavy (non-hydrogen) atoms. The van der Waals surface area contributed by atoms with Gasteiger partial charge in [-0.05, 0) is 36.4 Å². The van der Waals surface area contributed by atoms with Crippen LogP contribution < -0.4 is 10.6 Å². The Morgan fingerprint density at radius 3 is 2.23 bits per heavy atom. The number of halogens is 3. The molecule has 2 rings (SSSR count). The van der Waals surface area contributed by atoms with Crippen LogP contribution in [0.3, 0.4) is 0 Å². The van der Waals surface area contributed by atoms with Gasteiger partial charge in [-0.3, -0.25) is 0 Å². The topological polar surface area (TPSA) is 64.9 Å². The number of amides is 2. The molecule has 0 fully saturated rings. The van der Waals surface area contributed by atoms with Crippen molar-refractivity contribution in [1.82, 2.24) is 0 Å². The van der Waals surface area contributed by atoms with Gasteiger partial charge in [-0.2, -0.15) is 18.4 Å². The molecule has 0 spiro atoms. The number of nitrogens with one attached hydrogen (secondary N) is 2. The average Bonchev–Trinajstić information content (AvgIpc) is 2.47. The molecule has 0 saturated carbocycles. The SMILES string of the molecule is N#Cc1ccc(NC(=O)Nc2ccccc2C(F)(F)F)cc1. The summed E-state index contributed by atoms with van der Waals surface area (Å²) in [4.78, 5) is 11.8. The summed E-state index contributed by atoms with van der Waals surface area (Å²) in [7, 11) is 0. The summed E-state index contributed by atoms with van der Waals surface area (Å²) in [5.41, 5.74) is -0.486. The molecule has 0 radical (unpaired) electrons. The Morgan fingerprint density at radius 1 is 1.00 bits per heavy atom. The molecule has 0 aliphatic carbocycles. The Hall–Kier alpha value is -3.01. The minimum Gasteiger partial charge on any atom is -0.308 e. The van der Waals surface area contributed by atoms with Gasteiger partial charge < -0.3 is 10.6 Å². The largest absolute Gasteiger partial charge is 0.418 e. The van der Waals surface area contributed by atoms with Gasteiger partial charge in [-0.25, -0.2) is 4.79 Å². The maximum atomic E-state index is 12.8. The fourth-order valence-electron chi connectivity index (χ4n) is 1.75. The molecule has 0 aliphatic rings. The van der Waals surface area contributed by atoms with Crippen molar-refractivity contribution in [2.45, 2.75) is 6.18 Å². The second-order valence-corrected chi connectivity index (χ2v) is 4.31. The van der Waals surface area contributed by atoms with Crippen LogP contribution in [0, 0.1) is 11.3 Å². The van der Waals surface area contributed by atoms with Gasteiger partial charge in [0, 0.05) is 5.69 Å². The number of rotatable bonds is 2. The van der Waals surface area contributed by atoms with Crippen molar-refractivity contribution in [3.8, 4) is 6.07 Å². The van der Waals surface area contributed by atoms with Crippen molar-refractivity contribution in [1.29, 1.82) is 5.26 Å². The fraction of sp³-hybridized carbons (Fsp3) is 0.0667. The Labute approximate surface area is 124 Å². The molecule has 112 valence electrons. The highest BCUT2D eigenvalue weighted by Crippen LogP contribution is 2.34. The quantitative estimate of drug-likeness (QED) is 0.872. The minimum absolute atomic E-state index is 0.332. The van der Waals surface area contributed by atoms with E-state index < -0.39 is 17.8 Å². The van der Waals surface area contributed by atoms with Gasteiger partial charge >= 0.3 is 12.2 Å². The highest BCUT2D eigenvalue weighted by molar-refractivity contribution is 6.00. The van der Waals surface area contributed by atoms with Gasteiger partial charge in [0.15, 0.2) is 0 Å². The number of carbonyl (C=O) groups is 1. The van der Waals surface area contributed by atoms with E-state index in [1.54, 1.807) is 0 Å². The smallest absolute Gasteiger partial charge is 0.308 e. The van der Waals surface area contributed by atoms with Gasteiger partial charge in [-0.15, -0.1) is 0 Å². The summed E-state index contributed by atoms with van der Waals surface area (Å²) >= 11 is 0. The van der Waals surface area contributed by atoms with E-state index in [1.807, 2.05) is 6.07 Å². The van der Waals surface area contributed by atoms with Crippen LogP contribution in [-0.4, -0.2) is 6.03 Å².